The average Bonchev–Trinajstić information content (AvgIpc) is 2.66. The lowest BCUT2D eigenvalue weighted by atomic mass is 9.85. The van der Waals surface area contributed by atoms with Gasteiger partial charge in [-0.25, -0.2) is 8.78 Å². The fourth-order valence-corrected chi connectivity index (χ4v) is 2.96. The summed E-state index contributed by atoms with van der Waals surface area (Å²) in [6.45, 7) is 5.43. The predicted octanol–water partition coefficient (Wildman–Crippen LogP) is 7.41. The molecule has 1 nitrogen and oxygen atoms in total. The molecule has 0 aromatic heterocycles. The predicted molar refractivity (Wildman–Crippen MR) is 104 cm³/mol. The highest BCUT2D eigenvalue weighted by Gasteiger charge is 2.44. The monoisotopic (exact) mass is 426 g/mol. The molecular formula is C23H20F6O. The van der Waals surface area contributed by atoms with E-state index in [0.717, 1.165) is 17.7 Å². The summed E-state index contributed by atoms with van der Waals surface area (Å²) in [7, 11) is 0. The molecule has 0 heterocycles. The van der Waals surface area contributed by atoms with Crippen LogP contribution in [0.3, 0.4) is 0 Å². The molecule has 0 aliphatic carbocycles. The van der Waals surface area contributed by atoms with Crippen molar-refractivity contribution in [2.24, 2.45) is 0 Å². The van der Waals surface area contributed by atoms with Crippen molar-refractivity contribution in [1.82, 2.24) is 0 Å². The number of halogens is 6. The van der Waals surface area contributed by atoms with Gasteiger partial charge in [-0.3, -0.25) is 0 Å². The zero-order chi connectivity index (χ0) is 22.3. The Hall–Kier alpha value is -2.96. The largest absolute Gasteiger partial charge is 0.461 e. The Morgan fingerprint density at radius 3 is 2.27 bits per heavy atom. The molecule has 2 aromatic rings. The van der Waals surface area contributed by atoms with Gasteiger partial charge in [-0.15, -0.1) is 0 Å². The number of ether oxygens (including phenoxy) is 1. The number of hydrogen-bond donors (Lipinski definition) is 0. The first kappa shape index (κ1) is 23.3. The molecule has 0 saturated heterocycles. The van der Waals surface area contributed by atoms with Crippen molar-refractivity contribution in [2.75, 3.05) is 0 Å². The highest BCUT2D eigenvalue weighted by atomic mass is 19.3. The van der Waals surface area contributed by atoms with E-state index in [-0.39, 0.29) is 12.0 Å². The summed E-state index contributed by atoms with van der Waals surface area (Å²) in [5.74, 6) is -2.73. The van der Waals surface area contributed by atoms with Crippen molar-refractivity contribution >= 4 is 0 Å². The van der Waals surface area contributed by atoms with E-state index in [0.29, 0.717) is 11.6 Å². The minimum atomic E-state index is -4.77. The molecule has 160 valence electrons. The Kier molecular flexibility index (Phi) is 7.92. The lowest BCUT2D eigenvalue weighted by molar-refractivity contribution is -0.253. The van der Waals surface area contributed by atoms with Crippen LogP contribution in [-0.2, 0) is 0 Å². The van der Waals surface area contributed by atoms with Gasteiger partial charge in [-0.05, 0) is 54.3 Å². The van der Waals surface area contributed by atoms with Crippen molar-refractivity contribution in [3.63, 3.8) is 0 Å². The van der Waals surface area contributed by atoms with Crippen LogP contribution < -0.4 is 4.74 Å². The van der Waals surface area contributed by atoms with Crippen molar-refractivity contribution < 1.29 is 31.1 Å². The van der Waals surface area contributed by atoms with Crippen LogP contribution in [0.15, 0.2) is 78.9 Å². The SMILES string of the molecule is C=C/C=C(\C=C/C)C[C@@H](c1ccc(F)cc1)c1cc(F)cc(OC(F)(F)C(F)F)c1. The van der Waals surface area contributed by atoms with Crippen molar-refractivity contribution in [3.05, 3.63) is 102 Å². The summed E-state index contributed by atoms with van der Waals surface area (Å²) in [6.07, 6.45) is -1.71. The topological polar surface area (TPSA) is 9.23 Å². The van der Waals surface area contributed by atoms with Gasteiger partial charge in [0.05, 0.1) is 0 Å². The third-order valence-corrected chi connectivity index (χ3v) is 4.23. The van der Waals surface area contributed by atoms with E-state index in [4.69, 9.17) is 0 Å². The molecule has 0 fully saturated rings. The smallest absolute Gasteiger partial charge is 0.428 e. The van der Waals surface area contributed by atoms with Gasteiger partial charge in [0.2, 0.25) is 0 Å². The second-order valence-corrected chi connectivity index (χ2v) is 6.47. The normalized spacial score (nSPS) is 13.7. The van der Waals surface area contributed by atoms with Crippen LogP contribution in [-0.4, -0.2) is 12.5 Å². The molecule has 2 aromatic carbocycles. The summed E-state index contributed by atoms with van der Waals surface area (Å²) in [5.41, 5.74) is 1.57. The van der Waals surface area contributed by atoms with Crippen LogP contribution in [0.1, 0.15) is 30.4 Å². The number of hydrogen-bond acceptors (Lipinski definition) is 1. The quantitative estimate of drug-likeness (QED) is 0.300. The van der Waals surface area contributed by atoms with Crippen molar-refractivity contribution in [3.8, 4) is 5.75 Å². The highest BCUT2D eigenvalue weighted by Crippen LogP contribution is 2.36. The third-order valence-electron chi connectivity index (χ3n) is 4.23. The summed E-state index contributed by atoms with van der Waals surface area (Å²) >= 11 is 0. The molecule has 0 amide bonds. The molecule has 0 radical (unpaired) electrons. The molecule has 30 heavy (non-hydrogen) atoms. The van der Waals surface area contributed by atoms with Gasteiger partial charge < -0.3 is 4.74 Å². The molecule has 0 unspecified atom stereocenters. The standard InChI is InChI=1S/C23H20F6O/c1-3-5-15(6-4-2)11-21(16-7-9-18(24)10-8-16)17-12-19(25)14-20(13-17)30-23(28,29)22(26)27/h3-10,12-14,21-22H,1,11H2,2H3/b6-4-,15-5+/t21-/m0/s1. The number of benzene rings is 2. The van der Waals surface area contributed by atoms with Crippen LogP contribution in [0.25, 0.3) is 0 Å². The average molecular weight is 426 g/mol. The summed E-state index contributed by atoms with van der Waals surface area (Å²) in [4.78, 5) is 0. The molecule has 0 spiro atoms. The Bertz CT molecular complexity index is 916. The van der Waals surface area contributed by atoms with Crippen LogP contribution in [0.4, 0.5) is 26.3 Å². The molecule has 0 N–H and O–H groups in total. The van der Waals surface area contributed by atoms with E-state index in [1.54, 1.807) is 31.2 Å². The zero-order valence-corrected chi connectivity index (χ0v) is 16.1. The summed E-state index contributed by atoms with van der Waals surface area (Å²) in [5, 5.41) is 0. The van der Waals surface area contributed by atoms with Gasteiger partial charge in [0.25, 0.3) is 0 Å². The molecule has 1 atom stereocenters. The summed E-state index contributed by atoms with van der Waals surface area (Å²) in [6, 6.07) is 8.19. The van der Waals surface area contributed by atoms with E-state index >= 15 is 0 Å². The Balaban J connectivity index is 2.53. The van der Waals surface area contributed by atoms with Gasteiger partial charge in [-0.2, -0.15) is 17.6 Å². The first-order valence-corrected chi connectivity index (χ1v) is 9.01. The Labute approximate surface area is 171 Å². The van der Waals surface area contributed by atoms with Gasteiger partial charge >= 0.3 is 12.5 Å². The van der Waals surface area contributed by atoms with Crippen LogP contribution >= 0.6 is 0 Å². The number of allylic oxidation sites excluding steroid dienone is 5. The Morgan fingerprint density at radius 2 is 1.70 bits per heavy atom. The van der Waals surface area contributed by atoms with Crippen molar-refractivity contribution in [1.29, 1.82) is 0 Å². The van der Waals surface area contributed by atoms with E-state index in [1.165, 1.54) is 24.3 Å². The lowest BCUT2D eigenvalue weighted by Crippen LogP contribution is -2.33. The van der Waals surface area contributed by atoms with E-state index in [2.05, 4.69) is 11.3 Å². The second-order valence-electron chi connectivity index (χ2n) is 6.47. The molecule has 0 aliphatic heterocycles. The van der Waals surface area contributed by atoms with E-state index in [1.807, 2.05) is 0 Å². The fraction of sp³-hybridized carbons (Fsp3) is 0.217. The van der Waals surface area contributed by atoms with Crippen LogP contribution in [0.5, 0.6) is 5.75 Å². The maximum atomic E-state index is 14.2. The van der Waals surface area contributed by atoms with Gasteiger partial charge in [-0.1, -0.05) is 43.0 Å². The highest BCUT2D eigenvalue weighted by molar-refractivity contribution is 5.40. The van der Waals surface area contributed by atoms with Crippen LogP contribution in [0.2, 0.25) is 0 Å². The molecule has 0 bridgehead atoms. The fourth-order valence-electron chi connectivity index (χ4n) is 2.96. The molecule has 0 aliphatic rings. The summed E-state index contributed by atoms with van der Waals surface area (Å²) < 4.78 is 83.2. The molecule has 7 heteroatoms. The lowest BCUT2D eigenvalue weighted by Gasteiger charge is -2.22. The van der Waals surface area contributed by atoms with Crippen molar-refractivity contribution in [2.45, 2.75) is 31.8 Å². The van der Waals surface area contributed by atoms with E-state index < -0.39 is 35.8 Å². The molecular weight excluding hydrogens is 406 g/mol. The maximum absolute atomic E-state index is 14.2. The minimum absolute atomic E-state index is 0.209. The first-order valence-electron chi connectivity index (χ1n) is 9.01. The van der Waals surface area contributed by atoms with Gasteiger partial charge in [0.1, 0.15) is 17.4 Å². The minimum Gasteiger partial charge on any atom is -0.428 e. The van der Waals surface area contributed by atoms with Gasteiger partial charge in [0, 0.05) is 12.0 Å². The maximum Gasteiger partial charge on any atom is 0.461 e. The third kappa shape index (κ3) is 6.27. The number of rotatable bonds is 9. The second kappa shape index (κ2) is 10.2. The molecule has 2 rings (SSSR count). The number of alkyl halides is 4. The first-order chi connectivity index (χ1) is 14.2. The molecule has 0 saturated carbocycles. The Morgan fingerprint density at radius 1 is 1.03 bits per heavy atom. The van der Waals surface area contributed by atoms with E-state index in [9.17, 15) is 26.3 Å². The van der Waals surface area contributed by atoms with Crippen LogP contribution in [0, 0.1) is 11.6 Å². The van der Waals surface area contributed by atoms with Gasteiger partial charge in [0.15, 0.2) is 0 Å². The zero-order valence-electron chi connectivity index (χ0n) is 16.1.